The fraction of sp³-hybridized carbons (Fsp3) is 0.310. The number of pyridine rings is 1. The normalized spacial score (nSPS) is 12.6. The molecule has 1 unspecified atom stereocenters. The summed E-state index contributed by atoms with van der Waals surface area (Å²) in [5.41, 5.74) is 5.47. The number of carboxylic acid groups (broad SMARTS) is 1. The second-order valence-corrected chi connectivity index (χ2v) is 12.3. The summed E-state index contributed by atoms with van der Waals surface area (Å²) in [5, 5.41) is 11.9. The number of aromatic amines is 1. The third-order valence-corrected chi connectivity index (χ3v) is 7.40. The van der Waals surface area contributed by atoms with Crippen molar-refractivity contribution in [3.8, 4) is 5.75 Å². The Morgan fingerprint density at radius 2 is 1.83 bits per heavy atom. The molecule has 0 bridgehead atoms. The molecule has 2 heterocycles. The number of benzene rings is 2. The lowest BCUT2D eigenvalue weighted by molar-refractivity contribution is -0.138. The zero-order valence-electron chi connectivity index (χ0n) is 21.2. The molecule has 0 spiro atoms. The van der Waals surface area contributed by atoms with E-state index in [0.29, 0.717) is 23.7 Å². The van der Waals surface area contributed by atoms with E-state index in [9.17, 15) is 9.90 Å². The molecule has 0 aliphatic rings. The van der Waals surface area contributed by atoms with Gasteiger partial charge in [-0.2, -0.15) is 0 Å². The molecule has 2 N–H and O–H groups in total. The largest absolute Gasteiger partial charge is 0.487 e. The average Bonchev–Trinajstić information content (AvgIpc) is 3.16. The number of halogens is 1. The van der Waals surface area contributed by atoms with Gasteiger partial charge in [0, 0.05) is 43.0 Å². The van der Waals surface area contributed by atoms with Crippen molar-refractivity contribution in [2.45, 2.75) is 63.2 Å². The number of thioether (sulfide) groups is 1. The fourth-order valence-corrected chi connectivity index (χ4v) is 5.55. The third kappa shape index (κ3) is 6.05. The predicted octanol–water partition coefficient (Wildman–Crippen LogP) is 7.71. The number of hydrogen-bond acceptors (Lipinski definition) is 4. The van der Waals surface area contributed by atoms with Gasteiger partial charge in [-0.3, -0.25) is 9.78 Å². The second-order valence-electron chi connectivity index (χ2n) is 10.0. The van der Waals surface area contributed by atoms with Gasteiger partial charge < -0.3 is 14.8 Å². The van der Waals surface area contributed by atoms with Crippen LogP contribution in [0.4, 0.5) is 0 Å². The standard InChI is InChI=1S/C29H31ClN2O3S/c1-17-6-11-21(31-15-17)16-35-24-13-12-23-25(18(24)2)27(36-29(3,4)5)26(32-23)22(28(33)34)14-19-7-9-20(30)10-8-19/h6-13,15,22,32H,14,16H2,1-5H3,(H,33,34). The number of hydrogen-bond donors (Lipinski definition) is 2. The summed E-state index contributed by atoms with van der Waals surface area (Å²) >= 11 is 7.72. The van der Waals surface area contributed by atoms with Crippen LogP contribution in [0.15, 0.2) is 59.6 Å². The highest BCUT2D eigenvalue weighted by atomic mass is 35.5. The third-order valence-electron chi connectivity index (χ3n) is 5.91. The first-order valence-corrected chi connectivity index (χ1v) is 13.1. The Hall–Kier alpha value is -2.96. The van der Waals surface area contributed by atoms with E-state index in [2.05, 4.69) is 30.7 Å². The number of nitrogens with one attached hydrogen (secondary N) is 1. The van der Waals surface area contributed by atoms with E-state index in [1.807, 2.05) is 56.4 Å². The van der Waals surface area contributed by atoms with Crippen molar-refractivity contribution in [3.63, 3.8) is 0 Å². The lowest BCUT2D eigenvalue weighted by Gasteiger charge is -2.21. The van der Waals surface area contributed by atoms with Gasteiger partial charge in [0.05, 0.1) is 5.69 Å². The van der Waals surface area contributed by atoms with Crippen LogP contribution < -0.4 is 4.74 Å². The lowest BCUT2D eigenvalue weighted by Crippen LogP contribution is -2.17. The molecule has 36 heavy (non-hydrogen) atoms. The minimum absolute atomic E-state index is 0.123. The average molecular weight is 523 g/mol. The number of H-pyrrole nitrogens is 1. The molecule has 7 heteroatoms. The smallest absolute Gasteiger partial charge is 0.312 e. The van der Waals surface area contributed by atoms with E-state index in [4.69, 9.17) is 16.3 Å². The van der Waals surface area contributed by atoms with Crippen LogP contribution >= 0.6 is 23.4 Å². The summed E-state index contributed by atoms with van der Waals surface area (Å²) in [4.78, 5) is 21.4. The molecule has 0 aliphatic carbocycles. The topological polar surface area (TPSA) is 75.2 Å². The Balaban J connectivity index is 1.76. The van der Waals surface area contributed by atoms with Crippen molar-refractivity contribution in [2.75, 3.05) is 0 Å². The number of aliphatic carboxylic acids is 1. The molecule has 0 amide bonds. The molecule has 0 saturated carbocycles. The van der Waals surface area contributed by atoms with Gasteiger partial charge in [0.2, 0.25) is 0 Å². The lowest BCUT2D eigenvalue weighted by atomic mass is 9.96. The van der Waals surface area contributed by atoms with Gasteiger partial charge >= 0.3 is 5.97 Å². The summed E-state index contributed by atoms with van der Waals surface area (Å²) in [6.07, 6.45) is 2.19. The molecule has 1 atom stereocenters. The van der Waals surface area contributed by atoms with Crippen LogP contribution in [0.2, 0.25) is 5.02 Å². The summed E-state index contributed by atoms with van der Waals surface area (Å²) in [6, 6.07) is 15.2. The maximum Gasteiger partial charge on any atom is 0.312 e. The number of ether oxygens (including phenoxy) is 1. The quantitative estimate of drug-likeness (QED) is 0.232. The van der Waals surface area contributed by atoms with Crippen LogP contribution in [0.1, 0.15) is 54.8 Å². The molecule has 4 aromatic rings. The van der Waals surface area contributed by atoms with Gasteiger partial charge in [-0.05, 0) is 61.7 Å². The zero-order valence-corrected chi connectivity index (χ0v) is 22.8. The van der Waals surface area contributed by atoms with E-state index >= 15 is 0 Å². The second kappa shape index (κ2) is 10.6. The van der Waals surface area contributed by atoms with Gasteiger partial charge in [0.1, 0.15) is 18.3 Å². The van der Waals surface area contributed by atoms with Crippen LogP contribution in [0, 0.1) is 13.8 Å². The molecular formula is C29H31ClN2O3S. The first-order valence-electron chi connectivity index (χ1n) is 11.9. The fourth-order valence-electron chi connectivity index (χ4n) is 4.14. The first-order chi connectivity index (χ1) is 17.0. The molecule has 0 aliphatic heterocycles. The Morgan fingerprint density at radius 3 is 2.44 bits per heavy atom. The van der Waals surface area contributed by atoms with E-state index in [0.717, 1.165) is 43.9 Å². The summed E-state index contributed by atoms with van der Waals surface area (Å²) in [7, 11) is 0. The molecule has 0 radical (unpaired) electrons. The molecular weight excluding hydrogens is 492 g/mol. The number of fused-ring (bicyclic) bond motifs is 1. The number of carboxylic acids is 1. The van der Waals surface area contributed by atoms with Gasteiger partial charge in [-0.1, -0.05) is 50.6 Å². The van der Waals surface area contributed by atoms with Gasteiger partial charge in [-0.25, -0.2) is 0 Å². The molecule has 188 valence electrons. The molecule has 2 aromatic carbocycles. The van der Waals surface area contributed by atoms with Gasteiger partial charge in [-0.15, -0.1) is 11.8 Å². The number of nitrogens with zero attached hydrogens (tertiary/aromatic N) is 1. The summed E-state index contributed by atoms with van der Waals surface area (Å²) < 4.78 is 6.04. The van der Waals surface area contributed by atoms with Crippen molar-refractivity contribution in [1.29, 1.82) is 0 Å². The first kappa shape index (κ1) is 26.1. The van der Waals surface area contributed by atoms with Crippen molar-refractivity contribution >= 4 is 40.2 Å². The van der Waals surface area contributed by atoms with Crippen LogP contribution in [0.25, 0.3) is 10.9 Å². The minimum Gasteiger partial charge on any atom is -0.487 e. The highest BCUT2D eigenvalue weighted by Crippen LogP contribution is 2.45. The van der Waals surface area contributed by atoms with E-state index in [-0.39, 0.29) is 4.75 Å². The number of rotatable bonds is 8. The molecule has 4 rings (SSSR count). The van der Waals surface area contributed by atoms with E-state index < -0.39 is 11.9 Å². The number of aryl methyl sites for hydroxylation is 2. The van der Waals surface area contributed by atoms with Crippen LogP contribution in [0.3, 0.4) is 0 Å². The highest BCUT2D eigenvalue weighted by Gasteiger charge is 2.30. The highest BCUT2D eigenvalue weighted by molar-refractivity contribution is 8.00. The molecule has 5 nitrogen and oxygen atoms in total. The maximum atomic E-state index is 12.5. The van der Waals surface area contributed by atoms with Crippen LogP contribution in [-0.2, 0) is 17.8 Å². The summed E-state index contributed by atoms with van der Waals surface area (Å²) in [5.74, 6) is -0.841. The van der Waals surface area contributed by atoms with Crippen molar-refractivity contribution < 1.29 is 14.6 Å². The van der Waals surface area contributed by atoms with Crippen molar-refractivity contribution in [3.05, 3.63) is 87.8 Å². The Kier molecular flexibility index (Phi) is 7.67. The molecule has 0 fully saturated rings. The number of aromatic nitrogens is 2. The Labute approximate surface area is 221 Å². The van der Waals surface area contributed by atoms with Crippen molar-refractivity contribution in [2.24, 2.45) is 0 Å². The SMILES string of the molecule is Cc1ccc(COc2ccc3[nH]c(C(Cc4ccc(Cl)cc4)C(=O)O)c(SC(C)(C)C)c3c2C)nc1. The number of carbonyl (C=O) groups is 1. The van der Waals surface area contributed by atoms with Crippen molar-refractivity contribution in [1.82, 2.24) is 9.97 Å². The Bertz CT molecular complexity index is 1370. The Morgan fingerprint density at radius 1 is 1.11 bits per heavy atom. The van der Waals surface area contributed by atoms with E-state index in [1.54, 1.807) is 23.9 Å². The predicted molar refractivity (Wildman–Crippen MR) is 147 cm³/mol. The minimum atomic E-state index is -0.869. The monoisotopic (exact) mass is 522 g/mol. The van der Waals surface area contributed by atoms with E-state index in [1.165, 1.54) is 0 Å². The van der Waals surface area contributed by atoms with Crippen LogP contribution in [0.5, 0.6) is 5.75 Å². The van der Waals surface area contributed by atoms with Gasteiger partial charge in [0.25, 0.3) is 0 Å². The molecule has 2 aromatic heterocycles. The summed E-state index contributed by atoms with van der Waals surface area (Å²) in [6.45, 7) is 10.8. The maximum absolute atomic E-state index is 12.5. The zero-order chi connectivity index (χ0) is 26.0. The van der Waals surface area contributed by atoms with Gasteiger partial charge in [0.15, 0.2) is 0 Å². The molecule has 0 saturated heterocycles. The van der Waals surface area contributed by atoms with Crippen LogP contribution in [-0.4, -0.2) is 25.8 Å².